The van der Waals surface area contributed by atoms with Crippen LogP contribution in [0.25, 0.3) is 0 Å². The van der Waals surface area contributed by atoms with Crippen molar-refractivity contribution in [2.24, 2.45) is 0 Å². The first-order chi connectivity index (χ1) is 9.40. The van der Waals surface area contributed by atoms with Gasteiger partial charge in [0.05, 0.1) is 11.3 Å². The van der Waals surface area contributed by atoms with E-state index in [1.165, 1.54) is 16.4 Å². The van der Waals surface area contributed by atoms with E-state index in [9.17, 15) is 13.2 Å². The Kier molecular flexibility index (Phi) is 4.72. The molecule has 0 radical (unpaired) electrons. The predicted octanol–water partition coefficient (Wildman–Crippen LogP) is 1.65. The monoisotopic (exact) mass is 315 g/mol. The van der Waals surface area contributed by atoms with Crippen molar-refractivity contribution in [3.8, 4) is 0 Å². The Balaban J connectivity index is 2.19. The molecule has 1 atom stereocenters. The predicted molar refractivity (Wildman–Crippen MR) is 79.5 cm³/mol. The summed E-state index contributed by atoms with van der Waals surface area (Å²) in [6, 6.07) is 6.08. The van der Waals surface area contributed by atoms with Crippen LogP contribution >= 0.6 is 11.8 Å². The average Bonchev–Trinajstić information content (AvgIpc) is 2.38. The normalized spacial score (nSPS) is 20.8. The number of carboxylic acid groups (broad SMARTS) is 1. The van der Waals surface area contributed by atoms with Crippen LogP contribution in [-0.2, 0) is 15.8 Å². The first-order valence-corrected chi connectivity index (χ1v) is 9.06. The molecule has 0 spiro atoms. The fraction of sp³-hybridized carbons (Fsp3) is 0.462. The highest BCUT2D eigenvalue weighted by molar-refractivity contribution is 7.99. The van der Waals surface area contributed by atoms with Crippen molar-refractivity contribution < 1.29 is 18.3 Å². The van der Waals surface area contributed by atoms with Gasteiger partial charge in [-0.25, -0.2) is 13.2 Å². The molecule has 0 aromatic heterocycles. The smallest absolute Gasteiger partial charge is 0.335 e. The van der Waals surface area contributed by atoms with Crippen molar-refractivity contribution in [3.63, 3.8) is 0 Å². The largest absolute Gasteiger partial charge is 0.478 e. The van der Waals surface area contributed by atoms with Gasteiger partial charge < -0.3 is 5.11 Å². The van der Waals surface area contributed by atoms with Crippen molar-refractivity contribution in [3.05, 3.63) is 35.4 Å². The quantitative estimate of drug-likeness (QED) is 0.914. The highest BCUT2D eigenvalue weighted by Crippen LogP contribution is 2.22. The summed E-state index contributed by atoms with van der Waals surface area (Å²) in [4.78, 5) is 10.9. The number of sulfonamides is 1. The Morgan fingerprint density at radius 3 is 2.90 bits per heavy atom. The number of rotatable bonds is 4. The van der Waals surface area contributed by atoms with Crippen molar-refractivity contribution >= 4 is 27.8 Å². The number of carboxylic acids is 1. The zero-order chi connectivity index (χ0) is 14.8. The zero-order valence-corrected chi connectivity index (χ0v) is 12.8. The minimum Gasteiger partial charge on any atom is -0.478 e. The number of benzene rings is 1. The van der Waals surface area contributed by atoms with Gasteiger partial charge in [-0.05, 0) is 24.6 Å². The van der Waals surface area contributed by atoms with Crippen LogP contribution < -0.4 is 0 Å². The highest BCUT2D eigenvalue weighted by atomic mass is 32.2. The van der Waals surface area contributed by atoms with Crippen LogP contribution in [0.15, 0.2) is 24.3 Å². The number of carbonyl (C=O) groups is 1. The second kappa shape index (κ2) is 6.15. The number of thioether (sulfide) groups is 1. The Morgan fingerprint density at radius 1 is 1.50 bits per heavy atom. The SMILES string of the molecule is CC1CSCCN1S(=O)(=O)Cc1cccc(C(=O)O)c1. The van der Waals surface area contributed by atoms with Gasteiger partial charge in [0.1, 0.15) is 0 Å². The lowest BCUT2D eigenvalue weighted by atomic mass is 10.1. The molecule has 1 N–H and O–H groups in total. The van der Waals surface area contributed by atoms with Gasteiger partial charge in [-0.15, -0.1) is 0 Å². The fourth-order valence-electron chi connectivity index (χ4n) is 2.21. The number of hydrogen-bond donors (Lipinski definition) is 1. The van der Waals surface area contributed by atoms with Crippen LogP contribution in [0.4, 0.5) is 0 Å². The fourth-order valence-corrected chi connectivity index (χ4v) is 5.20. The summed E-state index contributed by atoms with van der Waals surface area (Å²) >= 11 is 1.75. The van der Waals surface area contributed by atoms with E-state index in [0.717, 1.165) is 11.5 Å². The Bertz CT molecular complexity index is 600. The van der Waals surface area contributed by atoms with Crippen molar-refractivity contribution in [2.45, 2.75) is 18.7 Å². The highest BCUT2D eigenvalue weighted by Gasteiger charge is 2.29. The standard InChI is InChI=1S/C13H17NO4S2/c1-10-8-19-6-5-14(10)20(17,18)9-11-3-2-4-12(7-11)13(15)16/h2-4,7,10H,5-6,8-9H2,1H3,(H,15,16). The summed E-state index contributed by atoms with van der Waals surface area (Å²) in [6.45, 7) is 2.42. The van der Waals surface area contributed by atoms with Gasteiger partial charge in [0.25, 0.3) is 0 Å². The second-order valence-corrected chi connectivity index (χ2v) is 7.87. The van der Waals surface area contributed by atoms with E-state index in [0.29, 0.717) is 12.1 Å². The van der Waals surface area contributed by atoms with Crippen LogP contribution in [0.1, 0.15) is 22.8 Å². The number of hydrogen-bond acceptors (Lipinski definition) is 4. The minimum absolute atomic E-state index is 0.0126. The van der Waals surface area contributed by atoms with Gasteiger partial charge in [-0.2, -0.15) is 16.1 Å². The van der Waals surface area contributed by atoms with E-state index < -0.39 is 16.0 Å². The first-order valence-electron chi connectivity index (χ1n) is 6.29. The third-order valence-electron chi connectivity index (χ3n) is 3.19. The molecule has 1 unspecified atom stereocenters. The molecule has 1 aliphatic rings. The Labute approximate surface area is 123 Å². The summed E-state index contributed by atoms with van der Waals surface area (Å²) in [5, 5.41) is 8.94. The van der Waals surface area contributed by atoms with E-state index in [4.69, 9.17) is 5.11 Å². The summed E-state index contributed by atoms with van der Waals surface area (Å²) in [5.41, 5.74) is 0.621. The molecule has 1 saturated heterocycles. The molecule has 1 aromatic carbocycles. The molecule has 0 amide bonds. The van der Waals surface area contributed by atoms with Gasteiger partial charge >= 0.3 is 5.97 Å². The number of nitrogens with zero attached hydrogens (tertiary/aromatic N) is 1. The molecular weight excluding hydrogens is 298 g/mol. The Hall–Kier alpha value is -1.05. The van der Waals surface area contributed by atoms with E-state index in [2.05, 4.69) is 0 Å². The van der Waals surface area contributed by atoms with Gasteiger partial charge in [0, 0.05) is 24.1 Å². The molecule has 0 saturated carbocycles. The van der Waals surface area contributed by atoms with Crippen molar-refractivity contribution in [2.75, 3.05) is 18.1 Å². The molecule has 1 fully saturated rings. The zero-order valence-electron chi connectivity index (χ0n) is 11.2. The van der Waals surface area contributed by atoms with Crippen LogP contribution in [0, 0.1) is 0 Å². The third kappa shape index (κ3) is 3.53. The average molecular weight is 315 g/mol. The van der Waals surface area contributed by atoms with Crippen LogP contribution in [-0.4, -0.2) is 47.9 Å². The topological polar surface area (TPSA) is 74.7 Å². The van der Waals surface area contributed by atoms with Gasteiger partial charge in [0.15, 0.2) is 0 Å². The van der Waals surface area contributed by atoms with Crippen molar-refractivity contribution in [1.82, 2.24) is 4.31 Å². The maximum absolute atomic E-state index is 12.4. The van der Waals surface area contributed by atoms with Crippen LogP contribution in [0.2, 0.25) is 0 Å². The lowest BCUT2D eigenvalue weighted by molar-refractivity contribution is 0.0696. The van der Waals surface area contributed by atoms with E-state index >= 15 is 0 Å². The maximum atomic E-state index is 12.4. The molecule has 1 aliphatic heterocycles. The molecule has 1 aromatic rings. The summed E-state index contributed by atoms with van der Waals surface area (Å²) in [5.74, 6) is 0.406. The minimum atomic E-state index is -3.40. The lowest BCUT2D eigenvalue weighted by Gasteiger charge is -2.32. The van der Waals surface area contributed by atoms with Gasteiger partial charge in [0.2, 0.25) is 10.0 Å². The van der Waals surface area contributed by atoms with E-state index in [1.54, 1.807) is 23.9 Å². The molecule has 2 rings (SSSR count). The summed E-state index contributed by atoms with van der Waals surface area (Å²) < 4.78 is 26.4. The molecule has 0 aliphatic carbocycles. The molecule has 0 bridgehead atoms. The summed E-state index contributed by atoms with van der Waals surface area (Å²) in [6.07, 6.45) is 0. The molecule has 110 valence electrons. The van der Waals surface area contributed by atoms with E-state index in [1.807, 2.05) is 6.92 Å². The van der Waals surface area contributed by atoms with E-state index in [-0.39, 0.29) is 17.4 Å². The maximum Gasteiger partial charge on any atom is 0.335 e. The van der Waals surface area contributed by atoms with Gasteiger partial charge in [-0.3, -0.25) is 0 Å². The lowest BCUT2D eigenvalue weighted by Crippen LogP contribution is -2.44. The van der Waals surface area contributed by atoms with Gasteiger partial charge in [-0.1, -0.05) is 12.1 Å². The second-order valence-electron chi connectivity index (χ2n) is 4.80. The molecule has 20 heavy (non-hydrogen) atoms. The molecule has 7 heteroatoms. The number of aromatic carboxylic acids is 1. The third-order valence-corrected chi connectivity index (χ3v) is 6.33. The molecular formula is C13H17NO4S2. The summed E-state index contributed by atoms with van der Waals surface area (Å²) in [7, 11) is -3.40. The van der Waals surface area contributed by atoms with Crippen molar-refractivity contribution in [1.29, 1.82) is 0 Å². The molecule has 5 nitrogen and oxygen atoms in total. The first kappa shape index (κ1) is 15.3. The Morgan fingerprint density at radius 2 is 2.25 bits per heavy atom. The van der Waals surface area contributed by atoms with Crippen LogP contribution in [0.3, 0.4) is 0 Å². The van der Waals surface area contributed by atoms with Crippen LogP contribution in [0.5, 0.6) is 0 Å². The molecule has 1 heterocycles.